The van der Waals surface area contributed by atoms with E-state index in [1.54, 1.807) is 0 Å². The van der Waals surface area contributed by atoms with Crippen molar-refractivity contribution in [2.24, 2.45) is 5.92 Å². The summed E-state index contributed by atoms with van der Waals surface area (Å²) in [6, 6.07) is 8.03. The van der Waals surface area contributed by atoms with Crippen LogP contribution in [0.5, 0.6) is 0 Å². The Morgan fingerprint density at radius 2 is 1.79 bits per heavy atom. The molecule has 0 aliphatic carbocycles. The number of hydrogen-bond acceptors (Lipinski definition) is 2. The molecule has 0 saturated carbocycles. The molecule has 0 aliphatic heterocycles. The van der Waals surface area contributed by atoms with E-state index in [9.17, 15) is 5.11 Å². The van der Waals surface area contributed by atoms with Crippen molar-refractivity contribution in [3.05, 3.63) is 34.9 Å². The van der Waals surface area contributed by atoms with Crippen molar-refractivity contribution < 1.29 is 5.11 Å². The van der Waals surface area contributed by atoms with E-state index in [2.05, 4.69) is 32.6 Å². The van der Waals surface area contributed by atoms with Gasteiger partial charge < -0.3 is 10.0 Å². The van der Waals surface area contributed by atoms with E-state index < -0.39 is 6.10 Å². The normalized spacial score (nSPS) is 13.5. The topological polar surface area (TPSA) is 23.5 Å². The highest BCUT2D eigenvalue weighted by Crippen LogP contribution is 2.25. The van der Waals surface area contributed by atoms with Crippen molar-refractivity contribution in [1.29, 1.82) is 0 Å². The molecule has 0 aliphatic rings. The fourth-order valence-corrected chi connectivity index (χ4v) is 2.48. The zero-order valence-electron chi connectivity index (χ0n) is 12.4. The molecule has 1 aromatic carbocycles. The van der Waals surface area contributed by atoms with Crippen molar-refractivity contribution in [3.8, 4) is 0 Å². The van der Waals surface area contributed by atoms with Gasteiger partial charge in [0.1, 0.15) is 0 Å². The molecule has 1 N–H and O–H groups in total. The van der Waals surface area contributed by atoms with Gasteiger partial charge >= 0.3 is 0 Å². The van der Waals surface area contributed by atoms with Crippen LogP contribution < -0.4 is 0 Å². The number of hydrogen-bond donors (Lipinski definition) is 1. The Labute approximate surface area is 122 Å². The first-order valence-corrected chi connectivity index (χ1v) is 7.46. The third-order valence-electron chi connectivity index (χ3n) is 3.28. The van der Waals surface area contributed by atoms with E-state index >= 15 is 0 Å². The van der Waals surface area contributed by atoms with Crippen molar-refractivity contribution in [2.45, 2.75) is 46.3 Å². The molecule has 19 heavy (non-hydrogen) atoms. The molecule has 1 aromatic rings. The number of halogens is 1. The first-order valence-electron chi connectivity index (χ1n) is 7.08. The minimum Gasteiger partial charge on any atom is -0.388 e. The van der Waals surface area contributed by atoms with Gasteiger partial charge in [-0.1, -0.05) is 43.6 Å². The number of aliphatic hydroxyl groups excluding tert-OH is 1. The average molecular weight is 284 g/mol. The Hall–Kier alpha value is -0.570. The number of benzene rings is 1. The van der Waals surface area contributed by atoms with Crippen molar-refractivity contribution >= 4 is 11.6 Å². The summed E-state index contributed by atoms with van der Waals surface area (Å²) < 4.78 is 0. The van der Waals surface area contributed by atoms with Crippen LogP contribution in [0.25, 0.3) is 0 Å². The summed E-state index contributed by atoms with van der Waals surface area (Å²) in [7, 11) is 0. The number of aliphatic hydroxyl groups is 1. The first kappa shape index (κ1) is 16.5. The van der Waals surface area contributed by atoms with Gasteiger partial charge in [-0.25, -0.2) is 0 Å². The minimum absolute atomic E-state index is 0.484. The smallest absolute Gasteiger partial charge is 0.0816 e. The molecule has 0 fully saturated rings. The molecular formula is C16H26ClNO. The van der Waals surface area contributed by atoms with Crippen LogP contribution in [-0.2, 0) is 0 Å². The predicted octanol–water partition coefficient (Wildman–Crippen LogP) is 4.13. The van der Waals surface area contributed by atoms with Crippen LogP contribution in [0.15, 0.2) is 24.3 Å². The minimum atomic E-state index is -0.484. The molecule has 0 aromatic heterocycles. The van der Waals surface area contributed by atoms with E-state index in [4.69, 9.17) is 11.6 Å². The van der Waals surface area contributed by atoms with Crippen LogP contribution in [0, 0.1) is 5.92 Å². The Bertz CT molecular complexity index is 379. The quantitative estimate of drug-likeness (QED) is 0.813. The Morgan fingerprint density at radius 3 is 2.32 bits per heavy atom. The van der Waals surface area contributed by atoms with E-state index in [1.807, 2.05) is 24.3 Å². The highest BCUT2D eigenvalue weighted by molar-refractivity contribution is 6.31. The lowest BCUT2D eigenvalue weighted by Gasteiger charge is -2.29. The lowest BCUT2D eigenvalue weighted by atomic mass is 10.1. The highest BCUT2D eigenvalue weighted by atomic mass is 35.5. The average Bonchev–Trinajstić information content (AvgIpc) is 2.34. The molecule has 0 spiro atoms. The van der Waals surface area contributed by atoms with Crippen LogP contribution in [-0.4, -0.2) is 29.1 Å². The lowest BCUT2D eigenvalue weighted by molar-refractivity contribution is 0.123. The Kier molecular flexibility index (Phi) is 6.84. The summed E-state index contributed by atoms with van der Waals surface area (Å²) in [6.45, 7) is 10.8. The Balaban J connectivity index is 2.57. The van der Waals surface area contributed by atoms with Gasteiger partial charge in [0.2, 0.25) is 0 Å². The summed E-state index contributed by atoms with van der Waals surface area (Å²) in [4.78, 5) is 2.41. The zero-order chi connectivity index (χ0) is 14.4. The second-order valence-electron chi connectivity index (χ2n) is 5.81. The highest BCUT2D eigenvalue weighted by Gasteiger charge is 2.15. The summed E-state index contributed by atoms with van der Waals surface area (Å²) in [5.74, 6) is 0.639. The van der Waals surface area contributed by atoms with Crippen LogP contribution in [0.1, 0.15) is 45.8 Å². The fraction of sp³-hybridized carbons (Fsp3) is 0.625. The summed E-state index contributed by atoms with van der Waals surface area (Å²) in [6.07, 6.45) is 0.233. The third-order valence-corrected chi connectivity index (χ3v) is 3.63. The van der Waals surface area contributed by atoms with Crippen molar-refractivity contribution in [1.82, 2.24) is 4.90 Å². The van der Waals surface area contributed by atoms with Gasteiger partial charge in [0.05, 0.1) is 6.10 Å². The first-order chi connectivity index (χ1) is 8.91. The molecule has 1 atom stereocenters. The molecule has 3 heteroatoms. The fourth-order valence-electron chi connectivity index (χ4n) is 2.22. The number of rotatable bonds is 7. The van der Waals surface area contributed by atoms with E-state index in [-0.39, 0.29) is 0 Å². The second kappa shape index (κ2) is 7.88. The summed E-state index contributed by atoms with van der Waals surface area (Å²) in [5, 5.41) is 10.9. The standard InChI is InChI=1S/C16H26ClNO/c1-12(2)11-18(13(3)4)10-9-16(19)14-7-5-6-8-15(14)17/h5-8,12-13,16,19H,9-11H2,1-4H3. The SMILES string of the molecule is CC(C)CN(CCC(O)c1ccccc1Cl)C(C)C. The molecule has 0 amide bonds. The molecule has 0 bridgehead atoms. The molecule has 1 unspecified atom stereocenters. The largest absolute Gasteiger partial charge is 0.388 e. The van der Waals surface area contributed by atoms with Crippen LogP contribution >= 0.6 is 11.6 Å². The van der Waals surface area contributed by atoms with E-state index in [0.717, 1.165) is 18.7 Å². The molecule has 0 radical (unpaired) electrons. The van der Waals surface area contributed by atoms with Gasteiger partial charge in [0, 0.05) is 24.2 Å². The van der Waals surface area contributed by atoms with Gasteiger partial charge in [0.15, 0.2) is 0 Å². The van der Waals surface area contributed by atoms with E-state index in [1.165, 1.54) is 0 Å². The predicted molar refractivity (Wildman–Crippen MR) is 82.6 cm³/mol. The lowest BCUT2D eigenvalue weighted by Crippen LogP contribution is -2.35. The zero-order valence-corrected chi connectivity index (χ0v) is 13.2. The van der Waals surface area contributed by atoms with E-state index in [0.29, 0.717) is 23.4 Å². The van der Waals surface area contributed by atoms with Crippen molar-refractivity contribution in [3.63, 3.8) is 0 Å². The van der Waals surface area contributed by atoms with Crippen LogP contribution in [0.2, 0.25) is 5.02 Å². The molecular weight excluding hydrogens is 258 g/mol. The maximum Gasteiger partial charge on any atom is 0.0816 e. The monoisotopic (exact) mass is 283 g/mol. The summed E-state index contributed by atoms with van der Waals surface area (Å²) in [5.41, 5.74) is 0.831. The van der Waals surface area contributed by atoms with Gasteiger partial charge in [0.25, 0.3) is 0 Å². The van der Waals surface area contributed by atoms with Gasteiger partial charge in [-0.15, -0.1) is 0 Å². The Morgan fingerprint density at radius 1 is 1.16 bits per heavy atom. The maximum absolute atomic E-state index is 10.3. The van der Waals surface area contributed by atoms with Gasteiger partial charge in [-0.2, -0.15) is 0 Å². The number of nitrogens with zero attached hydrogens (tertiary/aromatic N) is 1. The second-order valence-corrected chi connectivity index (χ2v) is 6.22. The molecule has 0 heterocycles. The molecule has 2 nitrogen and oxygen atoms in total. The van der Waals surface area contributed by atoms with Gasteiger partial charge in [-0.3, -0.25) is 0 Å². The van der Waals surface area contributed by atoms with Crippen molar-refractivity contribution in [2.75, 3.05) is 13.1 Å². The van der Waals surface area contributed by atoms with Crippen LogP contribution in [0.3, 0.4) is 0 Å². The van der Waals surface area contributed by atoms with Crippen LogP contribution in [0.4, 0.5) is 0 Å². The molecule has 0 saturated heterocycles. The maximum atomic E-state index is 10.3. The molecule has 108 valence electrons. The summed E-state index contributed by atoms with van der Waals surface area (Å²) >= 11 is 6.11. The third kappa shape index (κ3) is 5.52. The van der Waals surface area contributed by atoms with Gasteiger partial charge in [-0.05, 0) is 37.8 Å². The molecule has 1 rings (SSSR count).